The fourth-order valence-electron chi connectivity index (χ4n) is 2.76. The van der Waals surface area contributed by atoms with Crippen LogP contribution in [0.25, 0.3) is 0 Å². The van der Waals surface area contributed by atoms with Crippen molar-refractivity contribution in [3.63, 3.8) is 0 Å². The third-order valence-corrected chi connectivity index (χ3v) is 4.38. The smallest absolute Gasteiger partial charge is 0.0619 e. The van der Waals surface area contributed by atoms with Crippen molar-refractivity contribution in [3.8, 4) is 0 Å². The minimum absolute atomic E-state index is 0.0245. The molecule has 0 bridgehead atoms. The molecule has 17 heavy (non-hydrogen) atoms. The molecular formula is C14H27ClO2. The van der Waals surface area contributed by atoms with Crippen LogP contribution in [-0.2, 0) is 0 Å². The zero-order chi connectivity index (χ0) is 12.5. The second-order valence-corrected chi connectivity index (χ2v) is 5.90. The fourth-order valence-corrected chi connectivity index (χ4v) is 3.05. The van der Waals surface area contributed by atoms with Crippen molar-refractivity contribution in [2.24, 2.45) is 5.92 Å². The first-order valence-corrected chi connectivity index (χ1v) is 7.62. The second kappa shape index (κ2) is 9.18. The maximum atomic E-state index is 10.2. The molecule has 2 N–H and O–H groups in total. The summed E-state index contributed by atoms with van der Waals surface area (Å²) in [6.45, 7) is -0.0245. The molecule has 1 aliphatic rings. The van der Waals surface area contributed by atoms with E-state index >= 15 is 0 Å². The van der Waals surface area contributed by atoms with Gasteiger partial charge in [-0.1, -0.05) is 51.4 Å². The first-order valence-electron chi connectivity index (χ1n) is 7.18. The molecule has 0 saturated heterocycles. The zero-order valence-corrected chi connectivity index (χ0v) is 11.5. The SMILES string of the molecule is OC[C@H](Cl)[C@@H]1CCCCCCCCCC[C@@H]1O. The molecule has 0 aromatic heterocycles. The number of rotatable bonds is 2. The lowest BCUT2D eigenvalue weighted by Gasteiger charge is -2.26. The summed E-state index contributed by atoms with van der Waals surface area (Å²) in [5.74, 6) is 0.0705. The van der Waals surface area contributed by atoms with Gasteiger partial charge in [0.25, 0.3) is 0 Å². The van der Waals surface area contributed by atoms with E-state index in [2.05, 4.69) is 0 Å². The van der Waals surface area contributed by atoms with Crippen LogP contribution in [-0.4, -0.2) is 28.3 Å². The molecule has 1 aliphatic carbocycles. The highest BCUT2D eigenvalue weighted by molar-refractivity contribution is 6.20. The minimum atomic E-state index is -0.330. The van der Waals surface area contributed by atoms with E-state index in [1.54, 1.807) is 0 Å². The number of alkyl halides is 1. The van der Waals surface area contributed by atoms with Crippen molar-refractivity contribution in [1.29, 1.82) is 0 Å². The van der Waals surface area contributed by atoms with Crippen molar-refractivity contribution in [2.75, 3.05) is 6.61 Å². The van der Waals surface area contributed by atoms with Crippen LogP contribution >= 0.6 is 11.6 Å². The molecular weight excluding hydrogens is 236 g/mol. The molecule has 1 fully saturated rings. The van der Waals surface area contributed by atoms with Gasteiger partial charge >= 0.3 is 0 Å². The molecule has 1 saturated carbocycles. The van der Waals surface area contributed by atoms with Crippen LogP contribution in [0.3, 0.4) is 0 Å². The van der Waals surface area contributed by atoms with E-state index in [1.807, 2.05) is 0 Å². The molecule has 3 atom stereocenters. The predicted molar refractivity (Wildman–Crippen MR) is 72.4 cm³/mol. The molecule has 0 radical (unpaired) electrons. The van der Waals surface area contributed by atoms with E-state index in [9.17, 15) is 5.11 Å². The third kappa shape index (κ3) is 6.08. The Hall–Kier alpha value is 0.210. The van der Waals surface area contributed by atoms with Gasteiger partial charge in [-0.2, -0.15) is 0 Å². The Morgan fingerprint density at radius 1 is 0.882 bits per heavy atom. The first-order chi connectivity index (χ1) is 8.25. The second-order valence-electron chi connectivity index (χ2n) is 5.34. The topological polar surface area (TPSA) is 40.5 Å². The van der Waals surface area contributed by atoms with Crippen molar-refractivity contribution < 1.29 is 10.2 Å². The Morgan fingerprint density at radius 2 is 1.35 bits per heavy atom. The zero-order valence-electron chi connectivity index (χ0n) is 10.8. The lowest BCUT2D eigenvalue weighted by Crippen LogP contribution is -2.31. The van der Waals surface area contributed by atoms with Crippen LogP contribution in [0.15, 0.2) is 0 Å². The van der Waals surface area contributed by atoms with Gasteiger partial charge in [0, 0.05) is 5.92 Å². The fraction of sp³-hybridized carbons (Fsp3) is 1.00. The Bertz CT molecular complexity index is 187. The Labute approximate surface area is 110 Å². The highest BCUT2D eigenvalue weighted by Crippen LogP contribution is 2.26. The van der Waals surface area contributed by atoms with Gasteiger partial charge in [0.2, 0.25) is 0 Å². The summed E-state index contributed by atoms with van der Waals surface area (Å²) in [4.78, 5) is 0. The molecule has 3 heteroatoms. The summed E-state index contributed by atoms with van der Waals surface area (Å²) < 4.78 is 0. The van der Waals surface area contributed by atoms with Gasteiger partial charge < -0.3 is 10.2 Å². The Kier molecular flexibility index (Phi) is 8.25. The van der Waals surface area contributed by atoms with Gasteiger partial charge in [0.15, 0.2) is 0 Å². The standard InChI is InChI=1S/C14H27ClO2/c15-13(11-16)12-9-7-5-3-1-2-4-6-8-10-14(12)17/h12-14,16-17H,1-11H2/t12-,13-,14-/m0/s1. The van der Waals surface area contributed by atoms with Crippen molar-refractivity contribution in [3.05, 3.63) is 0 Å². The molecule has 0 aliphatic heterocycles. The van der Waals surface area contributed by atoms with Gasteiger partial charge in [-0.3, -0.25) is 0 Å². The van der Waals surface area contributed by atoms with Crippen molar-refractivity contribution >= 4 is 11.6 Å². The first kappa shape index (κ1) is 15.3. The summed E-state index contributed by atoms with van der Waals surface area (Å²) in [5.41, 5.74) is 0. The quantitative estimate of drug-likeness (QED) is 0.748. The molecule has 2 nitrogen and oxygen atoms in total. The number of aliphatic hydroxyl groups is 2. The minimum Gasteiger partial charge on any atom is -0.395 e. The molecule has 0 amide bonds. The maximum Gasteiger partial charge on any atom is 0.0619 e. The van der Waals surface area contributed by atoms with Crippen molar-refractivity contribution in [1.82, 2.24) is 0 Å². The Morgan fingerprint density at radius 3 is 1.88 bits per heavy atom. The van der Waals surface area contributed by atoms with E-state index in [1.165, 1.54) is 38.5 Å². The van der Waals surface area contributed by atoms with Crippen LogP contribution in [0.4, 0.5) is 0 Å². The molecule has 1 rings (SSSR count). The summed E-state index contributed by atoms with van der Waals surface area (Å²) in [6, 6.07) is 0. The molecule has 0 heterocycles. The summed E-state index contributed by atoms with van der Waals surface area (Å²) in [6.07, 6.45) is 11.4. The molecule has 102 valence electrons. The van der Waals surface area contributed by atoms with Crippen LogP contribution in [0, 0.1) is 5.92 Å². The average Bonchev–Trinajstić information content (AvgIpc) is 2.33. The van der Waals surface area contributed by atoms with E-state index in [4.69, 9.17) is 16.7 Å². The summed E-state index contributed by atoms with van der Waals surface area (Å²) >= 11 is 6.12. The van der Waals surface area contributed by atoms with Crippen LogP contribution in [0.5, 0.6) is 0 Å². The van der Waals surface area contributed by atoms with E-state index in [-0.39, 0.29) is 24.0 Å². The molecule has 0 aromatic carbocycles. The van der Waals surface area contributed by atoms with Crippen LogP contribution < -0.4 is 0 Å². The number of aliphatic hydroxyl groups excluding tert-OH is 2. The van der Waals surface area contributed by atoms with Gasteiger partial charge in [0.1, 0.15) is 0 Å². The third-order valence-electron chi connectivity index (χ3n) is 3.92. The van der Waals surface area contributed by atoms with Crippen LogP contribution in [0.1, 0.15) is 64.2 Å². The summed E-state index contributed by atoms with van der Waals surface area (Å²) in [7, 11) is 0. The molecule has 0 unspecified atom stereocenters. The maximum absolute atomic E-state index is 10.2. The monoisotopic (exact) mass is 262 g/mol. The highest BCUT2D eigenvalue weighted by atomic mass is 35.5. The van der Waals surface area contributed by atoms with Gasteiger partial charge in [-0.15, -0.1) is 11.6 Å². The largest absolute Gasteiger partial charge is 0.395 e. The van der Waals surface area contributed by atoms with E-state index < -0.39 is 0 Å². The average molecular weight is 263 g/mol. The lowest BCUT2D eigenvalue weighted by molar-refractivity contribution is 0.0753. The lowest BCUT2D eigenvalue weighted by atomic mass is 9.88. The number of hydrogen-bond acceptors (Lipinski definition) is 2. The van der Waals surface area contributed by atoms with Gasteiger partial charge in [-0.25, -0.2) is 0 Å². The highest BCUT2D eigenvalue weighted by Gasteiger charge is 2.25. The van der Waals surface area contributed by atoms with Crippen LogP contribution in [0.2, 0.25) is 0 Å². The molecule has 0 spiro atoms. The number of halogens is 1. The predicted octanol–water partition coefficient (Wildman–Crippen LogP) is 3.48. The van der Waals surface area contributed by atoms with E-state index in [0.717, 1.165) is 25.7 Å². The molecule has 0 aromatic rings. The van der Waals surface area contributed by atoms with Crippen molar-refractivity contribution in [2.45, 2.75) is 75.7 Å². The normalized spacial score (nSPS) is 31.2. The van der Waals surface area contributed by atoms with E-state index in [0.29, 0.717) is 0 Å². The Balaban J connectivity index is 2.45. The van der Waals surface area contributed by atoms with Gasteiger partial charge in [-0.05, 0) is 12.8 Å². The van der Waals surface area contributed by atoms with Gasteiger partial charge in [0.05, 0.1) is 18.1 Å². The number of hydrogen-bond donors (Lipinski definition) is 2. The summed E-state index contributed by atoms with van der Waals surface area (Å²) in [5, 5.41) is 19.0.